The van der Waals surface area contributed by atoms with Gasteiger partial charge < -0.3 is 3.79 Å². The van der Waals surface area contributed by atoms with Crippen molar-refractivity contribution in [3.05, 3.63) is 0 Å². The van der Waals surface area contributed by atoms with Gasteiger partial charge in [0.05, 0.1) is 0 Å². The van der Waals surface area contributed by atoms with Crippen LogP contribution in [0, 0.1) is 0 Å². The Kier molecular flexibility index (Phi) is 15.9. The predicted molar refractivity (Wildman–Crippen MR) is 33.8 cm³/mol. The molecule has 0 amide bonds. The van der Waals surface area contributed by atoms with E-state index in [0.29, 0.717) is 0 Å². The topological polar surface area (TPSA) is 9.23 Å². The standard InChI is InChI=1S/C4H9O.Al.Li.H/c1-2-3-4-5;;;/h2-4H2,1H3;;;/q-1;+1;;. The molecule has 0 saturated heterocycles. The first kappa shape index (κ1) is 11.0. The quantitative estimate of drug-likeness (QED) is 0.371. The molecule has 0 aliphatic heterocycles. The van der Waals surface area contributed by atoms with E-state index in [0.717, 1.165) is 6.61 Å². The largest absolute Gasteiger partial charge is 0.510 e. The first-order valence-electron chi connectivity index (χ1n) is 2.28. The van der Waals surface area contributed by atoms with Gasteiger partial charge >= 0.3 is 16.6 Å². The zero-order valence-corrected chi connectivity index (χ0v) is 6.65. The molecule has 0 heterocycles. The molecule has 0 unspecified atom stereocenters. The maximum absolute atomic E-state index is 4.81. The van der Waals surface area contributed by atoms with Crippen LogP contribution >= 0.6 is 0 Å². The van der Waals surface area contributed by atoms with Crippen molar-refractivity contribution >= 4 is 35.5 Å². The summed E-state index contributed by atoms with van der Waals surface area (Å²) in [6, 6.07) is 0. The Morgan fingerprint density at radius 3 is 2.29 bits per heavy atom. The SMILES string of the molecule is CCCC[O][AlH].[Li]. The number of unbranched alkanes of at least 4 members (excludes halogenated alkanes) is 1. The van der Waals surface area contributed by atoms with Crippen molar-refractivity contribution in [1.82, 2.24) is 0 Å². The van der Waals surface area contributed by atoms with Crippen molar-refractivity contribution in [3.63, 3.8) is 0 Å². The fourth-order valence-corrected chi connectivity index (χ4v) is 0.451. The molecule has 0 aromatic rings. The molecule has 0 aliphatic rings. The summed E-state index contributed by atoms with van der Waals surface area (Å²) in [5.41, 5.74) is 0. The molecule has 0 atom stereocenters. The maximum Gasteiger partial charge on any atom is 0.394 e. The van der Waals surface area contributed by atoms with Crippen LogP contribution in [0.2, 0.25) is 0 Å². The first-order valence-corrected chi connectivity index (χ1v) is 2.86. The molecule has 3 heteroatoms. The first-order chi connectivity index (χ1) is 2.91. The monoisotopic (exact) mass is 108 g/mol. The van der Waals surface area contributed by atoms with Crippen molar-refractivity contribution in [2.45, 2.75) is 19.8 Å². The Bertz CT molecular complexity index is 23.7. The molecule has 7 heavy (non-hydrogen) atoms. The summed E-state index contributed by atoms with van der Waals surface area (Å²) in [6.07, 6.45) is 2.43. The molecular weight excluding hydrogens is 98.0 g/mol. The third-order valence-electron chi connectivity index (χ3n) is 0.642. The summed E-state index contributed by atoms with van der Waals surface area (Å²) < 4.78 is 4.81. The molecule has 0 spiro atoms. The second-order valence-corrected chi connectivity index (χ2v) is 1.67. The zero-order chi connectivity index (χ0) is 4.83. The minimum absolute atomic E-state index is 0. The fourth-order valence-electron chi connectivity index (χ4n) is 0.246. The van der Waals surface area contributed by atoms with Gasteiger partial charge in [-0.15, -0.1) is 0 Å². The van der Waals surface area contributed by atoms with Gasteiger partial charge in [0.2, 0.25) is 0 Å². The fraction of sp³-hybridized carbons (Fsp3) is 1.00. The van der Waals surface area contributed by atoms with Crippen LogP contribution in [-0.2, 0) is 3.79 Å². The summed E-state index contributed by atoms with van der Waals surface area (Å²) in [4.78, 5) is 0. The van der Waals surface area contributed by atoms with Crippen LogP contribution in [0.3, 0.4) is 0 Å². The Hall–Kier alpha value is 1.09. The van der Waals surface area contributed by atoms with E-state index in [1.165, 1.54) is 12.8 Å². The van der Waals surface area contributed by atoms with Crippen molar-refractivity contribution in [3.8, 4) is 0 Å². The van der Waals surface area contributed by atoms with E-state index in [-0.39, 0.29) is 18.9 Å². The number of hydrogen-bond acceptors (Lipinski definition) is 1. The minimum atomic E-state index is 0. The van der Waals surface area contributed by atoms with Gasteiger partial charge in [-0.05, 0) is 6.42 Å². The van der Waals surface area contributed by atoms with Crippen LogP contribution in [0.4, 0.5) is 0 Å². The van der Waals surface area contributed by atoms with E-state index in [1.807, 2.05) is 0 Å². The predicted octanol–water partition coefficient (Wildman–Crippen LogP) is 0.238. The molecule has 0 aromatic heterocycles. The summed E-state index contributed by atoms with van der Waals surface area (Å²) in [6.45, 7) is 3.08. The van der Waals surface area contributed by atoms with Gasteiger partial charge in [-0.1, -0.05) is 13.3 Å². The zero-order valence-electron chi connectivity index (χ0n) is 5.24. The van der Waals surface area contributed by atoms with Crippen LogP contribution in [0.15, 0.2) is 0 Å². The third kappa shape index (κ3) is 11.0. The summed E-state index contributed by atoms with van der Waals surface area (Å²) in [5.74, 6) is 0. The number of hydrogen-bond donors (Lipinski definition) is 0. The smallest absolute Gasteiger partial charge is 0.394 e. The van der Waals surface area contributed by atoms with Crippen molar-refractivity contribution in [2.75, 3.05) is 6.61 Å². The Balaban J connectivity index is 0. The van der Waals surface area contributed by atoms with Crippen molar-refractivity contribution in [1.29, 1.82) is 0 Å². The van der Waals surface area contributed by atoms with Gasteiger partial charge in [0.25, 0.3) is 0 Å². The normalized spacial score (nSPS) is 7.57. The minimum Gasteiger partial charge on any atom is -0.510 e. The van der Waals surface area contributed by atoms with E-state index in [9.17, 15) is 0 Å². The van der Waals surface area contributed by atoms with Gasteiger partial charge in [0.1, 0.15) is 0 Å². The molecule has 0 bridgehead atoms. The molecule has 2 radical (unpaired) electrons. The van der Waals surface area contributed by atoms with Crippen LogP contribution < -0.4 is 0 Å². The molecule has 0 aliphatic carbocycles. The van der Waals surface area contributed by atoms with Gasteiger partial charge in [0.15, 0.2) is 0 Å². The molecule has 36 valence electrons. The van der Waals surface area contributed by atoms with E-state index in [1.54, 1.807) is 16.6 Å². The van der Waals surface area contributed by atoms with E-state index < -0.39 is 0 Å². The van der Waals surface area contributed by atoms with E-state index >= 15 is 0 Å². The van der Waals surface area contributed by atoms with Crippen LogP contribution in [-0.4, -0.2) is 42.1 Å². The van der Waals surface area contributed by atoms with Gasteiger partial charge in [-0.3, -0.25) is 0 Å². The summed E-state index contributed by atoms with van der Waals surface area (Å²) in [5, 5.41) is 0. The molecule has 0 rings (SSSR count). The van der Waals surface area contributed by atoms with Crippen molar-refractivity contribution < 1.29 is 3.79 Å². The summed E-state index contributed by atoms with van der Waals surface area (Å²) in [7, 11) is 0. The molecule has 0 N–H and O–H groups in total. The number of rotatable bonds is 3. The summed E-state index contributed by atoms with van der Waals surface area (Å²) >= 11 is 1.57. The average molecular weight is 108 g/mol. The van der Waals surface area contributed by atoms with Crippen molar-refractivity contribution in [2.24, 2.45) is 0 Å². The average Bonchev–Trinajstić information content (AvgIpc) is 1.61. The Labute approximate surface area is 65.7 Å². The van der Waals surface area contributed by atoms with E-state index in [2.05, 4.69) is 6.92 Å². The molecule has 0 saturated carbocycles. The Morgan fingerprint density at radius 1 is 1.57 bits per heavy atom. The third-order valence-corrected chi connectivity index (χ3v) is 0.931. The maximum atomic E-state index is 4.81. The van der Waals surface area contributed by atoms with Crippen LogP contribution in [0.25, 0.3) is 0 Å². The van der Waals surface area contributed by atoms with Gasteiger partial charge in [0, 0.05) is 25.5 Å². The molecule has 0 fully saturated rings. The van der Waals surface area contributed by atoms with Crippen LogP contribution in [0.5, 0.6) is 0 Å². The van der Waals surface area contributed by atoms with Crippen LogP contribution in [0.1, 0.15) is 19.8 Å². The second-order valence-electron chi connectivity index (χ2n) is 1.26. The van der Waals surface area contributed by atoms with Gasteiger partial charge in [-0.25, -0.2) is 0 Å². The molecular formula is C4H10AlLiO. The molecule has 1 nitrogen and oxygen atoms in total. The van der Waals surface area contributed by atoms with Gasteiger partial charge in [-0.2, -0.15) is 0 Å². The Morgan fingerprint density at radius 2 is 2.14 bits per heavy atom. The molecule has 0 aromatic carbocycles. The second kappa shape index (κ2) is 10.1. The van der Waals surface area contributed by atoms with E-state index in [4.69, 9.17) is 3.79 Å².